The lowest BCUT2D eigenvalue weighted by atomic mass is 10.1. The van der Waals surface area contributed by atoms with Gasteiger partial charge in [0.25, 0.3) is 0 Å². The Morgan fingerprint density at radius 1 is 1.11 bits per heavy atom. The van der Waals surface area contributed by atoms with Gasteiger partial charge < -0.3 is 10.1 Å². The van der Waals surface area contributed by atoms with Crippen LogP contribution in [0, 0.1) is 0 Å². The van der Waals surface area contributed by atoms with Crippen LogP contribution in [-0.4, -0.2) is 15.1 Å². The molecule has 2 aromatic carbocycles. The summed E-state index contributed by atoms with van der Waals surface area (Å²) in [4.78, 5) is 7.48. The van der Waals surface area contributed by atoms with Gasteiger partial charge in [0.15, 0.2) is 0 Å². The lowest BCUT2D eigenvalue weighted by Crippen LogP contribution is -2.01. The number of nitrogens with one attached hydrogen (secondary N) is 1. The van der Waals surface area contributed by atoms with E-state index in [1.165, 1.54) is 0 Å². The first kappa shape index (κ1) is 11.3. The summed E-state index contributed by atoms with van der Waals surface area (Å²) >= 11 is 5.91. The number of H-pyrrole nitrogens is 1. The van der Waals surface area contributed by atoms with Crippen molar-refractivity contribution in [2.45, 2.75) is 6.10 Å². The van der Waals surface area contributed by atoms with Crippen molar-refractivity contribution in [1.29, 1.82) is 0 Å². The molecule has 18 heavy (non-hydrogen) atoms. The fraction of sp³-hybridized carbons (Fsp3) is 0.0714. The van der Waals surface area contributed by atoms with E-state index in [1.807, 2.05) is 36.4 Å². The predicted molar refractivity (Wildman–Crippen MR) is 71.6 cm³/mol. The lowest BCUT2D eigenvalue weighted by Gasteiger charge is -2.07. The van der Waals surface area contributed by atoms with Gasteiger partial charge in [-0.3, -0.25) is 0 Å². The summed E-state index contributed by atoms with van der Waals surface area (Å²) in [5.41, 5.74) is 2.48. The molecule has 3 rings (SSSR count). The second-order valence-electron chi connectivity index (χ2n) is 4.10. The van der Waals surface area contributed by atoms with E-state index in [0.29, 0.717) is 10.8 Å². The van der Waals surface area contributed by atoms with Gasteiger partial charge in [-0.15, -0.1) is 0 Å². The topological polar surface area (TPSA) is 48.9 Å². The van der Waals surface area contributed by atoms with E-state index in [-0.39, 0.29) is 0 Å². The zero-order valence-electron chi connectivity index (χ0n) is 9.47. The van der Waals surface area contributed by atoms with Gasteiger partial charge >= 0.3 is 0 Å². The summed E-state index contributed by atoms with van der Waals surface area (Å²) in [7, 11) is 0. The molecule has 0 bridgehead atoms. The molecule has 0 fully saturated rings. The normalized spacial score (nSPS) is 12.8. The summed E-state index contributed by atoms with van der Waals surface area (Å²) in [6.45, 7) is 0. The molecule has 3 nitrogen and oxygen atoms in total. The number of aromatic amines is 1. The van der Waals surface area contributed by atoms with Crippen molar-refractivity contribution in [3.8, 4) is 0 Å². The fourth-order valence-electron chi connectivity index (χ4n) is 1.94. The van der Waals surface area contributed by atoms with Crippen molar-refractivity contribution in [3.05, 3.63) is 64.9 Å². The molecule has 0 aliphatic heterocycles. The van der Waals surface area contributed by atoms with Gasteiger partial charge in [0.2, 0.25) is 0 Å². The molecule has 0 spiro atoms. The van der Waals surface area contributed by atoms with E-state index < -0.39 is 6.10 Å². The molecule has 1 aromatic heterocycles. The first-order chi connectivity index (χ1) is 8.74. The van der Waals surface area contributed by atoms with E-state index >= 15 is 0 Å². The van der Waals surface area contributed by atoms with Crippen molar-refractivity contribution in [3.63, 3.8) is 0 Å². The number of aliphatic hydroxyl groups is 1. The average Bonchev–Trinajstić information content (AvgIpc) is 2.81. The Kier molecular flexibility index (Phi) is 2.78. The summed E-state index contributed by atoms with van der Waals surface area (Å²) in [5.74, 6) is 0.526. The van der Waals surface area contributed by atoms with Crippen LogP contribution in [-0.2, 0) is 0 Å². The maximum absolute atomic E-state index is 10.3. The van der Waals surface area contributed by atoms with Gasteiger partial charge in [0, 0.05) is 5.02 Å². The Balaban J connectivity index is 2.03. The summed E-state index contributed by atoms with van der Waals surface area (Å²) in [6, 6.07) is 14.8. The summed E-state index contributed by atoms with van der Waals surface area (Å²) in [5, 5.41) is 10.9. The Morgan fingerprint density at radius 3 is 2.72 bits per heavy atom. The van der Waals surface area contributed by atoms with E-state index in [0.717, 1.165) is 16.6 Å². The van der Waals surface area contributed by atoms with Crippen molar-refractivity contribution in [2.24, 2.45) is 0 Å². The number of rotatable bonds is 2. The first-order valence-electron chi connectivity index (χ1n) is 5.62. The zero-order valence-corrected chi connectivity index (χ0v) is 10.2. The number of halogens is 1. The Hall–Kier alpha value is -1.84. The van der Waals surface area contributed by atoms with Crippen LogP contribution in [0.15, 0.2) is 48.5 Å². The Morgan fingerprint density at radius 2 is 1.94 bits per heavy atom. The predicted octanol–water partition coefficient (Wildman–Crippen LogP) is 3.30. The molecule has 1 heterocycles. The van der Waals surface area contributed by atoms with Crippen molar-refractivity contribution < 1.29 is 5.11 Å². The van der Waals surface area contributed by atoms with Crippen LogP contribution < -0.4 is 0 Å². The lowest BCUT2D eigenvalue weighted by molar-refractivity contribution is 0.211. The summed E-state index contributed by atoms with van der Waals surface area (Å²) < 4.78 is 0. The molecule has 2 N–H and O–H groups in total. The summed E-state index contributed by atoms with van der Waals surface area (Å²) in [6.07, 6.45) is -0.795. The number of hydrogen-bond donors (Lipinski definition) is 2. The van der Waals surface area contributed by atoms with E-state index in [9.17, 15) is 5.11 Å². The van der Waals surface area contributed by atoms with E-state index in [1.54, 1.807) is 12.1 Å². The number of fused-ring (bicyclic) bond motifs is 1. The quantitative estimate of drug-likeness (QED) is 0.741. The molecule has 0 unspecified atom stereocenters. The highest BCUT2D eigenvalue weighted by Gasteiger charge is 2.14. The minimum Gasteiger partial charge on any atom is -0.380 e. The molecule has 0 radical (unpaired) electrons. The van der Waals surface area contributed by atoms with Gasteiger partial charge in [-0.2, -0.15) is 0 Å². The number of nitrogens with zero attached hydrogens (tertiary/aromatic N) is 1. The molecule has 4 heteroatoms. The largest absolute Gasteiger partial charge is 0.380 e. The number of benzene rings is 2. The zero-order chi connectivity index (χ0) is 12.5. The van der Waals surface area contributed by atoms with Crippen LogP contribution in [0.4, 0.5) is 0 Å². The highest BCUT2D eigenvalue weighted by atomic mass is 35.5. The average molecular weight is 259 g/mol. The first-order valence-corrected chi connectivity index (χ1v) is 6.00. The van der Waals surface area contributed by atoms with Gasteiger partial charge in [0.1, 0.15) is 11.9 Å². The maximum atomic E-state index is 10.3. The second kappa shape index (κ2) is 4.44. The van der Waals surface area contributed by atoms with E-state index in [4.69, 9.17) is 11.6 Å². The molecular weight excluding hydrogens is 248 g/mol. The number of aliphatic hydroxyl groups excluding tert-OH is 1. The number of aromatic nitrogens is 2. The van der Waals surface area contributed by atoms with Gasteiger partial charge in [-0.05, 0) is 29.8 Å². The van der Waals surface area contributed by atoms with Crippen molar-refractivity contribution in [2.75, 3.05) is 0 Å². The molecule has 1 atom stereocenters. The van der Waals surface area contributed by atoms with Crippen LogP contribution in [0.1, 0.15) is 17.5 Å². The monoisotopic (exact) mass is 258 g/mol. The van der Waals surface area contributed by atoms with Gasteiger partial charge in [-0.1, -0.05) is 35.9 Å². The van der Waals surface area contributed by atoms with Crippen LogP contribution >= 0.6 is 11.6 Å². The number of para-hydroxylation sites is 2. The minimum atomic E-state index is -0.795. The van der Waals surface area contributed by atoms with Gasteiger partial charge in [-0.25, -0.2) is 4.98 Å². The second-order valence-corrected chi connectivity index (χ2v) is 4.53. The van der Waals surface area contributed by atoms with Crippen LogP contribution in [0.25, 0.3) is 11.0 Å². The SMILES string of the molecule is O[C@H](c1cccc(Cl)c1)c1nc2ccccc2[nH]1. The third kappa shape index (κ3) is 1.98. The van der Waals surface area contributed by atoms with Gasteiger partial charge in [0.05, 0.1) is 11.0 Å². The molecule has 0 aliphatic rings. The fourth-order valence-corrected chi connectivity index (χ4v) is 2.14. The molecule has 0 aliphatic carbocycles. The Labute approximate surface area is 109 Å². The molecule has 0 amide bonds. The van der Waals surface area contributed by atoms with Crippen LogP contribution in [0.3, 0.4) is 0 Å². The molecule has 0 saturated heterocycles. The van der Waals surface area contributed by atoms with E-state index in [2.05, 4.69) is 9.97 Å². The van der Waals surface area contributed by atoms with Crippen LogP contribution in [0.2, 0.25) is 5.02 Å². The van der Waals surface area contributed by atoms with Crippen molar-refractivity contribution in [1.82, 2.24) is 9.97 Å². The highest BCUT2D eigenvalue weighted by Crippen LogP contribution is 2.24. The smallest absolute Gasteiger partial charge is 0.140 e. The Bertz CT molecular complexity index is 660. The molecule has 3 aromatic rings. The maximum Gasteiger partial charge on any atom is 0.140 e. The minimum absolute atomic E-state index is 0.526. The van der Waals surface area contributed by atoms with Crippen LogP contribution in [0.5, 0.6) is 0 Å². The highest BCUT2D eigenvalue weighted by molar-refractivity contribution is 6.30. The molecular formula is C14H11ClN2O. The number of imidazole rings is 1. The molecule has 0 saturated carbocycles. The number of hydrogen-bond acceptors (Lipinski definition) is 2. The molecule has 90 valence electrons. The van der Waals surface area contributed by atoms with Crippen molar-refractivity contribution >= 4 is 22.6 Å². The standard InChI is InChI=1S/C14H11ClN2O/c15-10-5-3-4-9(8-10)13(18)14-16-11-6-1-2-7-12(11)17-14/h1-8,13,18H,(H,16,17)/t13-/m1/s1. The third-order valence-electron chi connectivity index (χ3n) is 2.83. The third-order valence-corrected chi connectivity index (χ3v) is 3.07.